The second-order valence-corrected chi connectivity index (χ2v) is 8.61. The van der Waals surface area contributed by atoms with E-state index < -0.39 is 10.0 Å². The number of nitrogens with zero attached hydrogens (tertiary/aromatic N) is 1. The number of methoxy groups -OCH3 is 2. The van der Waals surface area contributed by atoms with Gasteiger partial charge in [0.2, 0.25) is 15.9 Å². The summed E-state index contributed by atoms with van der Waals surface area (Å²) in [5, 5.41) is 2.91. The number of amides is 1. The minimum Gasteiger partial charge on any atom is -0.496 e. The number of rotatable bonds is 7. The molecule has 2 rings (SSSR count). The van der Waals surface area contributed by atoms with E-state index in [1.165, 1.54) is 4.31 Å². The first kappa shape index (κ1) is 20.7. The Balaban J connectivity index is 2.00. The Morgan fingerprint density at radius 2 is 1.96 bits per heavy atom. The van der Waals surface area contributed by atoms with Crippen LogP contribution in [0, 0.1) is 12.8 Å². The number of hydrogen-bond donors (Lipinski definition) is 1. The Labute approximate surface area is 155 Å². The molecule has 0 radical (unpaired) electrons. The van der Waals surface area contributed by atoms with Gasteiger partial charge in [-0.1, -0.05) is 0 Å². The van der Waals surface area contributed by atoms with Crippen LogP contribution in [0.4, 0.5) is 0 Å². The maximum absolute atomic E-state index is 12.8. The molecule has 1 unspecified atom stereocenters. The molecule has 1 saturated heterocycles. The lowest BCUT2D eigenvalue weighted by Crippen LogP contribution is -2.45. The SMILES string of the molecule is COCC(C)NC(=O)C1CCN(S(=O)(=O)c2ccc(OC)c(C)c2)CC1. The van der Waals surface area contributed by atoms with Crippen LogP contribution in [-0.2, 0) is 19.6 Å². The predicted octanol–water partition coefficient (Wildman–Crippen LogP) is 1.56. The Bertz CT molecular complexity index is 727. The van der Waals surface area contributed by atoms with E-state index in [0.29, 0.717) is 38.3 Å². The van der Waals surface area contributed by atoms with Crippen molar-refractivity contribution >= 4 is 15.9 Å². The molecule has 1 aromatic carbocycles. The summed E-state index contributed by atoms with van der Waals surface area (Å²) in [6.07, 6.45) is 1.03. The zero-order chi connectivity index (χ0) is 19.3. The Morgan fingerprint density at radius 3 is 2.50 bits per heavy atom. The van der Waals surface area contributed by atoms with Crippen molar-refractivity contribution in [3.63, 3.8) is 0 Å². The number of sulfonamides is 1. The van der Waals surface area contributed by atoms with E-state index in [1.807, 2.05) is 13.8 Å². The van der Waals surface area contributed by atoms with Crippen molar-refractivity contribution in [1.29, 1.82) is 0 Å². The molecule has 0 spiro atoms. The Morgan fingerprint density at radius 1 is 1.31 bits per heavy atom. The van der Waals surface area contributed by atoms with Gasteiger partial charge in [-0.15, -0.1) is 0 Å². The van der Waals surface area contributed by atoms with Gasteiger partial charge in [0.1, 0.15) is 5.75 Å². The Hall–Kier alpha value is -1.64. The molecule has 26 heavy (non-hydrogen) atoms. The van der Waals surface area contributed by atoms with Gasteiger partial charge in [-0.25, -0.2) is 8.42 Å². The number of nitrogens with one attached hydrogen (secondary N) is 1. The third-order valence-electron chi connectivity index (χ3n) is 4.63. The van der Waals surface area contributed by atoms with Crippen LogP contribution in [0.2, 0.25) is 0 Å². The molecule has 0 aliphatic carbocycles. The summed E-state index contributed by atoms with van der Waals surface area (Å²) in [5.74, 6) is 0.453. The summed E-state index contributed by atoms with van der Waals surface area (Å²) in [6.45, 7) is 4.83. The highest BCUT2D eigenvalue weighted by molar-refractivity contribution is 7.89. The van der Waals surface area contributed by atoms with Gasteiger partial charge in [0.15, 0.2) is 0 Å². The number of aryl methyl sites for hydroxylation is 1. The van der Waals surface area contributed by atoms with E-state index in [2.05, 4.69) is 5.32 Å². The van der Waals surface area contributed by atoms with Crippen molar-refractivity contribution in [3.8, 4) is 5.75 Å². The van der Waals surface area contributed by atoms with E-state index in [0.717, 1.165) is 5.56 Å². The standard InChI is InChI=1S/C18H28N2O5S/c1-13-11-16(5-6-17(13)25-4)26(22,23)20-9-7-15(8-10-20)18(21)19-14(2)12-24-3/h5-6,11,14-15H,7-10,12H2,1-4H3,(H,19,21). The molecule has 0 bridgehead atoms. The summed E-state index contributed by atoms with van der Waals surface area (Å²) in [5.41, 5.74) is 0.773. The number of carbonyl (C=O) groups is 1. The first-order valence-electron chi connectivity index (χ1n) is 8.73. The number of hydrogen-bond acceptors (Lipinski definition) is 5. The predicted molar refractivity (Wildman–Crippen MR) is 98.7 cm³/mol. The van der Waals surface area contributed by atoms with Crippen LogP contribution in [0.3, 0.4) is 0 Å². The van der Waals surface area contributed by atoms with Crippen molar-refractivity contribution in [2.24, 2.45) is 5.92 Å². The monoisotopic (exact) mass is 384 g/mol. The summed E-state index contributed by atoms with van der Waals surface area (Å²) < 4.78 is 37.4. The smallest absolute Gasteiger partial charge is 0.243 e. The molecule has 1 aliphatic heterocycles. The number of carbonyl (C=O) groups excluding carboxylic acids is 1. The quantitative estimate of drug-likeness (QED) is 0.771. The fourth-order valence-electron chi connectivity index (χ4n) is 3.17. The van der Waals surface area contributed by atoms with Gasteiger partial charge >= 0.3 is 0 Å². The molecule has 1 aliphatic rings. The molecule has 1 fully saturated rings. The molecule has 0 saturated carbocycles. The maximum Gasteiger partial charge on any atom is 0.243 e. The molecular formula is C18H28N2O5S. The van der Waals surface area contributed by atoms with Crippen LogP contribution >= 0.6 is 0 Å². The summed E-state index contributed by atoms with van der Waals surface area (Å²) in [7, 11) is -0.419. The van der Waals surface area contributed by atoms with Crippen molar-refractivity contribution in [1.82, 2.24) is 9.62 Å². The van der Waals surface area contributed by atoms with E-state index in [9.17, 15) is 13.2 Å². The molecule has 1 atom stereocenters. The average molecular weight is 384 g/mol. The highest BCUT2D eigenvalue weighted by Gasteiger charge is 2.32. The molecule has 7 nitrogen and oxygen atoms in total. The second kappa shape index (κ2) is 8.83. The molecule has 1 heterocycles. The lowest BCUT2D eigenvalue weighted by Gasteiger charge is -2.31. The highest BCUT2D eigenvalue weighted by Crippen LogP contribution is 2.27. The molecule has 1 N–H and O–H groups in total. The minimum absolute atomic E-state index is 0.0353. The number of piperidine rings is 1. The van der Waals surface area contributed by atoms with Gasteiger partial charge in [-0.2, -0.15) is 4.31 Å². The van der Waals surface area contributed by atoms with Gasteiger partial charge in [0.05, 0.1) is 18.6 Å². The van der Waals surface area contributed by atoms with E-state index in [-0.39, 0.29) is 22.8 Å². The van der Waals surface area contributed by atoms with Crippen molar-refractivity contribution < 1.29 is 22.7 Å². The first-order chi connectivity index (χ1) is 12.3. The highest BCUT2D eigenvalue weighted by atomic mass is 32.2. The van der Waals surface area contributed by atoms with Crippen LogP contribution in [0.25, 0.3) is 0 Å². The van der Waals surface area contributed by atoms with E-state index in [4.69, 9.17) is 9.47 Å². The molecule has 1 aromatic rings. The van der Waals surface area contributed by atoms with Gasteiger partial charge < -0.3 is 14.8 Å². The van der Waals surface area contributed by atoms with Crippen molar-refractivity contribution in [2.45, 2.75) is 37.6 Å². The molecule has 146 valence electrons. The number of benzene rings is 1. The number of ether oxygens (including phenoxy) is 2. The molecule has 0 aromatic heterocycles. The van der Waals surface area contributed by atoms with Gasteiger partial charge in [-0.05, 0) is 50.5 Å². The third kappa shape index (κ3) is 4.75. The first-order valence-corrected chi connectivity index (χ1v) is 10.2. The normalized spacial score (nSPS) is 17.7. The summed E-state index contributed by atoms with van der Waals surface area (Å²) >= 11 is 0. The van der Waals surface area contributed by atoms with Gasteiger partial charge in [0.25, 0.3) is 0 Å². The van der Waals surface area contributed by atoms with Gasteiger partial charge in [-0.3, -0.25) is 4.79 Å². The topological polar surface area (TPSA) is 84.9 Å². The van der Waals surface area contributed by atoms with Crippen LogP contribution in [0.15, 0.2) is 23.1 Å². The molecule has 1 amide bonds. The van der Waals surface area contributed by atoms with Crippen molar-refractivity contribution in [2.75, 3.05) is 33.9 Å². The minimum atomic E-state index is -3.56. The lowest BCUT2D eigenvalue weighted by atomic mass is 9.97. The van der Waals surface area contributed by atoms with Crippen LogP contribution in [0.5, 0.6) is 5.75 Å². The van der Waals surface area contributed by atoms with E-state index in [1.54, 1.807) is 32.4 Å². The maximum atomic E-state index is 12.8. The fraction of sp³-hybridized carbons (Fsp3) is 0.611. The fourth-order valence-corrected chi connectivity index (χ4v) is 4.73. The van der Waals surface area contributed by atoms with Crippen molar-refractivity contribution in [3.05, 3.63) is 23.8 Å². The summed E-state index contributed by atoms with van der Waals surface area (Å²) in [4.78, 5) is 12.5. The van der Waals surface area contributed by atoms with Crippen LogP contribution in [-0.4, -0.2) is 58.6 Å². The van der Waals surface area contributed by atoms with Crippen LogP contribution < -0.4 is 10.1 Å². The third-order valence-corrected chi connectivity index (χ3v) is 6.53. The summed E-state index contributed by atoms with van der Waals surface area (Å²) in [6, 6.07) is 4.79. The zero-order valence-corrected chi connectivity index (χ0v) is 16.6. The lowest BCUT2D eigenvalue weighted by molar-refractivity contribution is -0.127. The van der Waals surface area contributed by atoms with Crippen LogP contribution in [0.1, 0.15) is 25.3 Å². The Kier molecular flexibility index (Phi) is 7.02. The molecular weight excluding hydrogens is 356 g/mol. The van der Waals surface area contributed by atoms with Gasteiger partial charge in [0, 0.05) is 32.2 Å². The largest absolute Gasteiger partial charge is 0.496 e. The zero-order valence-electron chi connectivity index (χ0n) is 15.8. The molecule has 8 heteroatoms. The average Bonchev–Trinajstić information content (AvgIpc) is 2.61. The van der Waals surface area contributed by atoms with E-state index >= 15 is 0 Å². The second-order valence-electron chi connectivity index (χ2n) is 6.67.